The van der Waals surface area contributed by atoms with Crippen LogP contribution in [-0.4, -0.2) is 26.4 Å². The summed E-state index contributed by atoms with van der Waals surface area (Å²) in [5.41, 5.74) is 0.733. The minimum Gasteiger partial charge on any atom is -0.497 e. The van der Waals surface area contributed by atoms with Crippen molar-refractivity contribution in [1.29, 1.82) is 0 Å². The standard InChI is InChI=1S/C19H21F2NO2/c1-12-8-14(20)5-7-17(12)24-18-16-9-15(23-3)6-4-13(16)10-19(18,21)11-22-2/h4-9,18,22H,10-11H2,1-3H3. The molecule has 0 saturated carbocycles. The zero-order chi connectivity index (χ0) is 17.3. The summed E-state index contributed by atoms with van der Waals surface area (Å²) in [6.45, 7) is 1.91. The van der Waals surface area contributed by atoms with Gasteiger partial charge in [-0.2, -0.15) is 0 Å². The number of benzene rings is 2. The second-order valence-corrected chi connectivity index (χ2v) is 6.21. The van der Waals surface area contributed by atoms with Crippen molar-refractivity contribution in [2.45, 2.75) is 25.1 Å². The molecular weight excluding hydrogens is 312 g/mol. The molecular formula is C19H21F2NO2. The van der Waals surface area contributed by atoms with Crippen LogP contribution in [0.3, 0.4) is 0 Å². The third-order valence-corrected chi connectivity index (χ3v) is 4.44. The molecule has 0 fully saturated rings. The van der Waals surface area contributed by atoms with E-state index in [1.54, 1.807) is 27.1 Å². The molecule has 24 heavy (non-hydrogen) atoms. The van der Waals surface area contributed by atoms with Gasteiger partial charge in [-0.1, -0.05) is 6.07 Å². The molecule has 0 saturated heterocycles. The van der Waals surface area contributed by atoms with Crippen molar-refractivity contribution >= 4 is 0 Å². The van der Waals surface area contributed by atoms with Crippen LogP contribution in [0.5, 0.6) is 11.5 Å². The molecule has 1 aliphatic rings. The molecule has 2 atom stereocenters. The highest BCUT2D eigenvalue weighted by molar-refractivity contribution is 5.45. The fourth-order valence-corrected chi connectivity index (χ4v) is 3.28. The van der Waals surface area contributed by atoms with Gasteiger partial charge in [-0.15, -0.1) is 0 Å². The molecule has 0 heterocycles. The molecule has 2 unspecified atom stereocenters. The van der Waals surface area contributed by atoms with E-state index < -0.39 is 11.8 Å². The number of aryl methyl sites for hydroxylation is 1. The molecule has 0 aliphatic heterocycles. The van der Waals surface area contributed by atoms with E-state index in [-0.39, 0.29) is 18.8 Å². The van der Waals surface area contributed by atoms with Crippen molar-refractivity contribution in [3.05, 3.63) is 58.9 Å². The lowest BCUT2D eigenvalue weighted by Gasteiger charge is -2.29. The summed E-state index contributed by atoms with van der Waals surface area (Å²) in [5, 5.41) is 2.91. The summed E-state index contributed by atoms with van der Waals surface area (Å²) in [5.74, 6) is 0.803. The van der Waals surface area contributed by atoms with Crippen molar-refractivity contribution < 1.29 is 18.3 Å². The van der Waals surface area contributed by atoms with Crippen LogP contribution in [0, 0.1) is 12.7 Å². The van der Waals surface area contributed by atoms with Crippen molar-refractivity contribution in [3.8, 4) is 11.5 Å². The van der Waals surface area contributed by atoms with Gasteiger partial charge in [0, 0.05) is 18.5 Å². The first-order valence-corrected chi connectivity index (χ1v) is 7.90. The second-order valence-electron chi connectivity index (χ2n) is 6.21. The van der Waals surface area contributed by atoms with Gasteiger partial charge in [0.25, 0.3) is 0 Å². The van der Waals surface area contributed by atoms with Crippen LogP contribution in [0.15, 0.2) is 36.4 Å². The molecule has 3 rings (SSSR count). The molecule has 0 amide bonds. The van der Waals surface area contributed by atoms with Crippen LogP contribution in [0.2, 0.25) is 0 Å². The molecule has 2 aromatic carbocycles. The number of hydrogen-bond acceptors (Lipinski definition) is 3. The Morgan fingerprint density at radius 2 is 2.04 bits per heavy atom. The molecule has 1 aliphatic carbocycles. The summed E-state index contributed by atoms with van der Waals surface area (Å²) < 4.78 is 40.2. The average Bonchev–Trinajstić information content (AvgIpc) is 2.81. The third-order valence-electron chi connectivity index (χ3n) is 4.44. The van der Waals surface area contributed by atoms with Crippen molar-refractivity contribution in [2.24, 2.45) is 0 Å². The molecule has 3 nitrogen and oxygen atoms in total. The predicted molar refractivity (Wildman–Crippen MR) is 89.0 cm³/mol. The highest BCUT2D eigenvalue weighted by atomic mass is 19.1. The van der Waals surface area contributed by atoms with Crippen molar-refractivity contribution in [3.63, 3.8) is 0 Å². The average molecular weight is 333 g/mol. The van der Waals surface area contributed by atoms with Crippen LogP contribution in [0.1, 0.15) is 22.8 Å². The summed E-state index contributed by atoms with van der Waals surface area (Å²) in [4.78, 5) is 0. The van der Waals surface area contributed by atoms with E-state index in [4.69, 9.17) is 9.47 Å². The minimum atomic E-state index is -1.58. The van der Waals surface area contributed by atoms with Gasteiger partial charge in [-0.05, 0) is 55.4 Å². The van der Waals surface area contributed by atoms with Crippen LogP contribution in [0.4, 0.5) is 8.78 Å². The molecule has 0 spiro atoms. The lowest BCUT2D eigenvalue weighted by molar-refractivity contribution is 0.0227. The van der Waals surface area contributed by atoms with Crippen LogP contribution < -0.4 is 14.8 Å². The van der Waals surface area contributed by atoms with E-state index >= 15 is 4.39 Å². The molecule has 0 bridgehead atoms. The van der Waals surface area contributed by atoms with Gasteiger partial charge >= 0.3 is 0 Å². The van der Waals surface area contributed by atoms with E-state index in [1.165, 1.54) is 12.1 Å². The van der Waals surface area contributed by atoms with Crippen molar-refractivity contribution in [2.75, 3.05) is 20.7 Å². The lowest BCUT2D eigenvalue weighted by Crippen LogP contribution is -2.41. The van der Waals surface area contributed by atoms with Gasteiger partial charge in [0.15, 0.2) is 11.8 Å². The normalized spacial score (nSPS) is 22.3. The first kappa shape index (κ1) is 16.7. The molecule has 128 valence electrons. The largest absolute Gasteiger partial charge is 0.497 e. The Morgan fingerprint density at radius 3 is 2.71 bits per heavy atom. The number of nitrogens with one attached hydrogen (secondary N) is 1. The van der Waals surface area contributed by atoms with Crippen LogP contribution >= 0.6 is 0 Å². The minimum absolute atomic E-state index is 0.162. The zero-order valence-corrected chi connectivity index (χ0v) is 14.0. The number of methoxy groups -OCH3 is 1. The van der Waals surface area contributed by atoms with Gasteiger partial charge in [0.1, 0.15) is 17.3 Å². The first-order chi connectivity index (χ1) is 11.5. The number of rotatable bonds is 5. The van der Waals surface area contributed by atoms with Gasteiger partial charge in [-0.3, -0.25) is 0 Å². The number of halogens is 2. The summed E-state index contributed by atoms with van der Waals surface area (Å²) >= 11 is 0. The van der Waals surface area contributed by atoms with Gasteiger partial charge < -0.3 is 14.8 Å². The smallest absolute Gasteiger partial charge is 0.168 e. The lowest BCUT2D eigenvalue weighted by atomic mass is 9.99. The molecule has 0 aromatic heterocycles. The number of ether oxygens (including phenoxy) is 2. The highest BCUT2D eigenvalue weighted by Gasteiger charge is 2.48. The summed E-state index contributed by atoms with van der Waals surface area (Å²) in [6.07, 6.45) is -0.517. The zero-order valence-electron chi connectivity index (χ0n) is 14.0. The molecule has 0 radical (unpaired) electrons. The molecule has 2 aromatic rings. The highest BCUT2D eigenvalue weighted by Crippen LogP contribution is 2.46. The molecule has 5 heteroatoms. The quantitative estimate of drug-likeness (QED) is 0.904. The van der Waals surface area contributed by atoms with E-state index in [1.807, 2.05) is 18.2 Å². The summed E-state index contributed by atoms with van der Waals surface area (Å²) in [7, 11) is 3.29. The summed E-state index contributed by atoms with van der Waals surface area (Å²) in [6, 6.07) is 9.76. The Hall–Kier alpha value is -2.14. The van der Waals surface area contributed by atoms with Crippen LogP contribution in [-0.2, 0) is 6.42 Å². The maximum atomic E-state index is 15.6. The van der Waals surface area contributed by atoms with E-state index in [0.29, 0.717) is 17.1 Å². The molecule has 1 N–H and O–H groups in total. The third kappa shape index (κ3) is 2.96. The Balaban J connectivity index is 2.01. The number of hydrogen-bond donors (Lipinski definition) is 1. The van der Waals surface area contributed by atoms with Gasteiger partial charge in [-0.25, -0.2) is 8.78 Å². The Bertz CT molecular complexity index is 750. The van der Waals surface area contributed by atoms with E-state index in [2.05, 4.69) is 5.32 Å². The fourth-order valence-electron chi connectivity index (χ4n) is 3.28. The predicted octanol–water partition coefficient (Wildman–Crippen LogP) is 3.75. The van der Waals surface area contributed by atoms with E-state index in [0.717, 1.165) is 11.1 Å². The van der Waals surface area contributed by atoms with Gasteiger partial charge in [0.05, 0.1) is 7.11 Å². The Morgan fingerprint density at radius 1 is 1.25 bits per heavy atom. The number of alkyl halides is 1. The topological polar surface area (TPSA) is 30.5 Å². The first-order valence-electron chi connectivity index (χ1n) is 7.90. The van der Waals surface area contributed by atoms with Crippen molar-refractivity contribution in [1.82, 2.24) is 5.32 Å². The van der Waals surface area contributed by atoms with E-state index in [9.17, 15) is 4.39 Å². The number of fused-ring (bicyclic) bond motifs is 1. The van der Waals surface area contributed by atoms with Gasteiger partial charge in [0.2, 0.25) is 0 Å². The maximum absolute atomic E-state index is 15.6. The fraction of sp³-hybridized carbons (Fsp3) is 0.368. The second kappa shape index (κ2) is 6.40. The van der Waals surface area contributed by atoms with Crippen LogP contribution in [0.25, 0.3) is 0 Å². The Kier molecular flexibility index (Phi) is 4.45. The monoisotopic (exact) mass is 333 g/mol. The SMILES string of the molecule is CNCC1(F)Cc2ccc(OC)cc2C1Oc1ccc(F)cc1C. The Labute approximate surface area is 140 Å². The maximum Gasteiger partial charge on any atom is 0.168 e.